The minimum Gasteiger partial charge on any atom is -0.433 e. The number of hydrogen-bond donors (Lipinski definition) is 0. The van der Waals surface area contributed by atoms with Crippen LogP contribution < -0.4 is 10.3 Å². The third-order valence-corrected chi connectivity index (χ3v) is 10.3. The molecule has 0 saturated carbocycles. The van der Waals surface area contributed by atoms with Crippen molar-refractivity contribution in [2.24, 2.45) is 5.92 Å². The minimum atomic E-state index is -4.65. The number of halogens is 5. The molecule has 2 aromatic carbocycles. The molecule has 0 spiro atoms. The van der Waals surface area contributed by atoms with E-state index in [9.17, 15) is 35.2 Å². The molecule has 0 amide bonds. The Morgan fingerprint density at radius 3 is 2.23 bits per heavy atom. The van der Waals surface area contributed by atoms with Crippen molar-refractivity contribution in [3.05, 3.63) is 88.3 Å². The van der Waals surface area contributed by atoms with Crippen LogP contribution in [-0.2, 0) is 27.4 Å². The van der Waals surface area contributed by atoms with E-state index >= 15 is 0 Å². The number of piperidine rings is 1. The molecular weight excluding hydrogens is 595 g/mol. The standard InChI is InChI=1S/C30H33F5N2O5S/c1-28(2,43(39,40)25-8-6-7-23(17-25)30(33,34)35)22-12-15-36(16-13-22)20-41-19-21-10-11-24(42-29(3,31)32)18-26(21)37-14-5-4-9-27(37)38/h4-11,14,17-18,22H,12-13,15-16,19-20H2,1-3H3. The van der Waals surface area contributed by atoms with Crippen molar-refractivity contribution in [3.63, 3.8) is 0 Å². The van der Waals surface area contributed by atoms with Gasteiger partial charge in [-0.3, -0.25) is 14.3 Å². The first kappa shape index (κ1) is 32.6. The van der Waals surface area contributed by atoms with Gasteiger partial charge in [-0.2, -0.15) is 22.0 Å². The van der Waals surface area contributed by atoms with Crippen molar-refractivity contribution in [3.8, 4) is 11.4 Å². The number of benzene rings is 2. The molecule has 1 aliphatic rings. The zero-order valence-electron chi connectivity index (χ0n) is 23.9. The zero-order valence-corrected chi connectivity index (χ0v) is 24.7. The van der Waals surface area contributed by atoms with Crippen LogP contribution in [0.3, 0.4) is 0 Å². The molecule has 43 heavy (non-hydrogen) atoms. The van der Waals surface area contributed by atoms with E-state index in [1.807, 2.05) is 4.90 Å². The predicted molar refractivity (Wildman–Crippen MR) is 150 cm³/mol. The Kier molecular flexibility index (Phi) is 9.38. The number of hydrogen-bond acceptors (Lipinski definition) is 6. The van der Waals surface area contributed by atoms with Gasteiger partial charge in [-0.15, -0.1) is 0 Å². The highest BCUT2D eigenvalue weighted by molar-refractivity contribution is 7.92. The lowest BCUT2D eigenvalue weighted by Crippen LogP contribution is -2.46. The fourth-order valence-electron chi connectivity index (χ4n) is 5.19. The SMILES string of the molecule is CC(F)(F)Oc1ccc(COCN2CCC(C(C)(C)S(=O)(=O)c3cccc(C(F)(F)F)c3)CC2)c(-n2ccccc2=O)c1. The summed E-state index contributed by atoms with van der Waals surface area (Å²) in [6.45, 7) is 4.94. The average Bonchev–Trinajstić information content (AvgIpc) is 2.93. The van der Waals surface area contributed by atoms with Crippen LogP contribution in [0.2, 0.25) is 0 Å². The summed E-state index contributed by atoms with van der Waals surface area (Å²) in [6.07, 6.45) is -5.59. The third-order valence-electron chi connectivity index (χ3n) is 7.70. The van der Waals surface area contributed by atoms with Gasteiger partial charge in [0.15, 0.2) is 9.84 Å². The normalized spacial score (nSPS) is 15.9. The lowest BCUT2D eigenvalue weighted by molar-refractivity contribution is -0.159. The molecule has 0 atom stereocenters. The molecule has 1 fully saturated rings. The number of sulfone groups is 1. The molecule has 1 aromatic heterocycles. The smallest absolute Gasteiger partial charge is 0.416 e. The molecule has 0 N–H and O–H groups in total. The van der Waals surface area contributed by atoms with Gasteiger partial charge in [0.1, 0.15) is 5.75 Å². The van der Waals surface area contributed by atoms with Crippen molar-refractivity contribution in [1.82, 2.24) is 9.47 Å². The fraction of sp³-hybridized carbons (Fsp3) is 0.433. The van der Waals surface area contributed by atoms with Crippen LogP contribution in [0, 0.1) is 5.92 Å². The molecule has 2 heterocycles. The van der Waals surface area contributed by atoms with Crippen LogP contribution in [0.4, 0.5) is 22.0 Å². The fourth-order valence-corrected chi connectivity index (χ4v) is 7.01. The van der Waals surface area contributed by atoms with E-state index in [-0.39, 0.29) is 35.5 Å². The summed E-state index contributed by atoms with van der Waals surface area (Å²) < 4.78 is 104. The second-order valence-electron chi connectivity index (χ2n) is 11.1. The Hall–Kier alpha value is -3.29. The molecule has 1 aliphatic heterocycles. The molecule has 0 unspecified atom stereocenters. The Balaban J connectivity index is 1.40. The van der Waals surface area contributed by atoms with Crippen molar-refractivity contribution in [2.75, 3.05) is 19.8 Å². The molecule has 7 nitrogen and oxygen atoms in total. The highest BCUT2D eigenvalue weighted by atomic mass is 32.2. The van der Waals surface area contributed by atoms with Crippen molar-refractivity contribution < 1.29 is 39.8 Å². The molecule has 13 heteroatoms. The van der Waals surface area contributed by atoms with Gasteiger partial charge in [-0.1, -0.05) is 18.2 Å². The quantitative estimate of drug-likeness (QED) is 0.246. The lowest BCUT2D eigenvalue weighted by Gasteiger charge is -2.40. The van der Waals surface area contributed by atoms with Gasteiger partial charge in [-0.25, -0.2) is 8.42 Å². The predicted octanol–water partition coefficient (Wildman–Crippen LogP) is 6.29. The van der Waals surface area contributed by atoms with E-state index in [2.05, 4.69) is 4.74 Å². The van der Waals surface area contributed by atoms with Gasteiger partial charge in [0.05, 0.1) is 34.2 Å². The van der Waals surface area contributed by atoms with E-state index in [4.69, 9.17) is 4.74 Å². The molecule has 234 valence electrons. The largest absolute Gasteiger partial charge is 0.433 e. The summed E-state index contributed by atoms with van der Waals surface area (Å²) in [4.78, 5) is 14.1. The number of likely N-dealkylation sites (tertiary alicyclic amines) is 1. The van der Waals surface area contributed by atoms with Gasteiger partial charge in [0.25, 0.3) is 5.56 Å². The summed E-state index contributed by atoms with van der Waals surface area (Å²) in [7, 11) is -4.08. The van der Waals surface area contributed by atoms with E-state index in [1.54, 1.807) is 32.0 Å². The summed E-state index contributed by atoms with van der Waals surface area (Å²) in [5.74, 6) is -0.420. The molecule has 0 bridgehead atoms. The Labute approximate surface area is 246 Å². The zero-order chi connectivity index (χ0) is 31.6. The maximum Gasteiger partial charge on any atom is 0.416 e. The minimum absolute atomic E-state index is 0.0504. The van der Waals surface area contributed by atoms with Gasteiger partial charge in [0.2, 0.25) is 0 Å². The highest BCUT2D eigenvalue weighted by Crippen LogP contribution is 2.39. The molecular formula is C30H33F5N2O5S. The van der Waals surface area contributed by atoms with E-state index in [0.29, 0.717) is 50.2 Å². The van der Waals surface area contributed by atoms with Crippen LogP contribution in [0.25, 0.3) is 5.69 Å². The van der Waals surface area contributed by atoms with Crippen LogP contribution in [-0.4, -0.2) is 48.6 Å². The van der Waals surface area contributed by atoms with Gasteiger partial charge in [0, 0.05) is 43.9 Å². The first-order chi connectivity index (χ1) is 20.0. The monoisotopic (exact) mass is 628 g/mol. The van der Waals surface area contributed by atoms with Crippen molar-refractivity contribution in [2.45, 2.75) is 62.1 Å². The van der Waals surface area contributed by atoms with Gasteiger partial charge < -0.3 is 9.47 Å². The molecule has 0 radical (unpaired) electrons. The van der Waals surface area contributed by atoms with E-state index in [1.165, 1.54) is 35.0 Å². The van der Waals surface area contributed by atoms with Crippen LogP contribution in [0.15, 0.2) is 76.6 Å². The summed E-state index contributed by atoms with van der Waals surface area (Å²) in [5, 5.41) is 0. The second kappa shape index (κ2) is 12.4. The molecule has 3 aromatic rings. The number of pyridine rings is 1. The topological polar surface area (TPSA) is 77.8 Å². The molecule has 4 rings (SSSR count). The van der Waals surface area contributed by atoms with Crippen LogP contribution in [0.1, 0.15) is 44.7 Å². The number of alkyl halides is 5. The summed E-state index contributed by atoms with van der Waals surface area (Å²) in [6, 6.07) is 12.6. The number of aromatic nitrogens is 1. The lowest BCUT2D eigenvalue weighted by atomic mass is 9.86. The van der Waals surface area contributed by atoms with Crippen molar-refractivity contribution >= 4 is 9.84 Å². The van der Waals surface area contributed by atoms with Crippen LogP contribution >= 0.6 is 0 Å². The molecule has 0 aliphatic carbocycles. The Bertz CT molecular complexity index is 1590. The van der Waals surface area contributed by atoms with E-state index < -0.39 is 32.4 Å². The number of rotatable bonds is 10. The maximum atomic E-state index is 13.4. The van der Waals surface area contributed by atoms with Crippen LogP contribution in [0.5, 0.6) is 5.75 Å². The van der Waals surface area contributed by atoms with Gasteiger partial charge >= 0.3 is 12.3 Å². The second-order valence-corrected chi connectivity index (χ2v) is 13.6. The number of ether oxygens (including phenoxy) is 2. The van der Waals surface area contributed by atoms with Gasteiger partial charge in [-0.05, 0) is 62.9 Å². The molecule has 1 saturated heterocycles. The third kappa shape index (κ3) is 7.63. The first-order valence-electron chi connectivity index (χ1n) is 13.6. The Morgan fingerprint density at radius 2 is 1.60 bits per heavy atom. The maximum absolute atomic E-state index is 13.4. The van der Waals surface area contributed by atoms with E-state index in [0.717, 1.165) is 12.1 Å². The summed E-state index contributed by atoms with van der Waals surface area (Å²) in [5.41, 5.74) is -0.494. The van der Waals surface area contributed by atoms with Crippen molar-refractivity contribution in [1.29, 1.82) is 0 Å². The first-order valence-corrected chi connectivity index (χ1v) is 15.1. The highest BCUT2D eigenvalue weighted by Gasteiger charge is 2.44. The average molecular weight is 629 g/mol. The Morgan fingerprint density at radius 1 is 0.907 bits per heavy atom. The summed E-state index contributed by atoms with van der Waals surface area (Å²) >= 11 is 0. The number of nitrogens with zero attached hydrogens (tertiary/aromatic N) is 2.